The van der Waals surface area contributed by atoms with Crippen molar-refractivity contribution in [3.05, 3.63) is 77.3 Å². The van der Waals surface area contributed by atoms with E-state index in [0.29, 0.717) is 23.3 Å². The smallest absolute Gasteiger partial charge is 0.417 e. The second-order valence-corrected chi connectivity index (χ2v) is 8.92. The summed E-state index contributed by atoms with van der Waals surface area (Å²) in [6, 6.07) is 14.4. The highest BCUT2D eigenvalue weighted by Crippen LogP contribution is 2.36. The molecule has 3 aromatic carbocycles. The molecule has 0 bridgehead atoms. The number of ether oxygens (including phenoxy) is 2. The number of amides is 1. The number of hydrogen-bond acceptors (Lipinski definition) is 5. The average molecular weight is 515 g/mol. The van der Waals surface area contributed by atoms with Gasteiger partial charge in [0.15, 0.2) is 6.61 Å². The van der Waals surface area contributed by atoms with Crippen LogP contribution in [0.2, 0.25) is 5.02 Å². The monoisotopic (exact) mass is 514 g/mol. The van der Waals surface area contributed by atoms with E-state index in [1.165, 1.54) is 31.4 Å². The fourth-order valence-corrected chi connectivity index (χ4v) is 4.03. The highest BCUT2D eigenvalue weighted by molar-refractivity contribution is 7.92. The Morgan fingerprint density at radius 3 is 2.12 bits per heavy atom. The molecule has 0 aromatic heterocycles. The van der Waals surface area contributed by atoms with Gasteiger partial charge in [0.05, 0.1) is 22.6 Å². The number of carbonyl (C=O) groups is 1. The van der Waals surface area contributed by atoms with Crippen molar-refractivity contribution in [2.24, 2.45) is 0 Å². The number of halogens is 4. The minimum absolute atomic E-state index is 0.219. The lowest BCUT2D eigenvalue weighted by Gasteiger charge is -2.13. The van der Waals surface area contributed by atoms with E-state index in [-0.39, 0.29) is 17.2 Å². The molecule has 0 radical (unpaired) electrons. The maximum atomic E-state index is 13.0. The Bertz CT molecular complexity index is 1270. The minimum atomic E-state index is -4.74. The van der Waals surface area contributed by atoms with E-state index >= 15 is 0 Å². The normalized spacial score (nSPS) is 11.6. The number of anilines is 2. The molecule has 3 aromatic rings. The van der Waals surface area contributed by atoms with Gasteiger partial charge in [-0.25, -0.2) is 8.42 Å². The van der Waals surface area contributed by atoms with Crippen LogP contribution in [0.25, 0.3) is 0 Å². The molecule has 1 amide bonds. The molecule has 2 N–H and O–H groups in total. The quantitative estimate of drug-likeness (QED) is 0.432. The Hall–Kier alpha value is -3.44. The summed E-state index contributed by atoms with van der Waals surface area (Å²) in [4.78, 5) is 11.9. The first-order valence-corrected chi connectivity index (χ1v) is 11.4. The molecular weight excluding hydrogens is 497 g/mol. The van der Waals surface area contributed by atoms with E-state index in [2.05, 4.69) is 10.0 Å². The lowest BCUT2D eigenvalue weighted by molar-refractivity contribution is -0.137. The van der Waals surface area contributed by atoms with Gasteiger partial charge in [-0.3, -0.25) is 9.52 Å². The van der Waals surface area contributed by atoms with Crippen LogP contribution in [0.5, 0.6) is 11.5 Å². The van der Waals surface area contributed by atoms with Gasteiger partial charge in [0.1, 0.15) is 11.5 Å². The Morgan fingerprint density at radius 2 is 1.53 bits per heavy atom. The molecular formula is C22H18ClF3N2O5S. The van der Waals surface area contributed by atoms with Gasteiger partial charge in [0, 0.05) is 11.4 Å². The average Bonchev–Trinajstić information content (AvgIpc) is 2.79. The topological polar surface area (TPSA) is 93.7 Å². The molecule has 0 saturated carbocycles. The Kier molecular flexibility index (Phi) is 7.57. The molecule has 0 aliphatic carbocycles. The molecule has 0 spiro atoms. The van der Waals surface area contributed by atoms with Crippen LogP contribution >= 0.6 is 11.6 Å². The van der Waals surface area contributed by atoms with Crippen molar-refractivity contribution in [3.63, 3.8) is 0 Å². The molecule has 0 saturated heterocycles. The van der Waals surface area contributed by atoms with Crippen LogP contribution in [-0.4, -0.2) is 28.0 Å². The van der Waals surface area contributed by atoms with Crippen LogP contribution in [0.15, 0.2) is 71.6 Å². The molecule has 0 fully saturated rings. The number of nitrogens with one attached hydrogen (secondary N) is 2. The molecule has 0 atom stereocenters. The summed E-state index contributed by atoms with van der Waals surface area (Å²) in [6.07, 6.45) is -4.74. The summed E-state index contributed by atoms with van der Waals surface area (Å²) in [7, 11) is -2.67. The fourth-order valence-electron chi connectivity index (χ4n) is 2.76. The third-order valence-corrected chi connectivity index (χ3v) is 6.13. The highest BCUT2D eigenvalue weighted by Gasteiger charge is 2.33. The van der Waals surface area contributed by atoms with Crippen LogP contribution in [0.1, 0.15) is 5.56 Å². The van der Waals surface area contributed by atoms with Crippen LogP contribution in [0.4, 0.5) is 24.5 Å². The Labute approximate surface area is 198 Å². The number of alkyl halides is 3. The lowest BCUT2D eigenvalue weighted by atomic mass is 10.2. The predicted molar refractivity (Wildman–Crippen MR) is 121 cm³/mol. The van der Waals surface area contributed by atoms with Crippen molar-refractivity contribution in [2.45, 2.75) is 11.1 Å². The summed E-state index contributed by atoms with van der Waals surface area (Å²) in [5.41, 5.74) is -1.16. The van der Waals surface area contributed by atoms with Gasteiger partial charge in [-0.2, -0.15) is 13.2 Å². The summed E-state index contributed by atoms with van der Waals surface area (Å²) in [6.45, 7) is -0.286. The van der Waals surface area contributed by atoms with Gasteiger partial charge in [-0.15, -0.1) is 0 Å². The van der Waals surface area contributed by atoms with E-state index in [0.717, 1.165) is 12.1 Å². The van der Waals surface area contributed by atoms with Crippen molar-refractivity contribution in [3.8, 4) is 11.5 Å². The third kappa shape index (κ3) is 6.55. The Balaban J connectivity index is 1.62. The fraction of sp³-hybridized carbons (Fsp3) is 0.136. The van der Waals surface area contributed by atoms with E-state index < -0.39 is 32.7 Å². The first-order valence-electron chi connectivity index (χ1n) is 9.54. The van der Waals surface area contributed by atoms with Crippen LogP contribution in [0.3, 0.4) is 0 Å². The van der Waals surface area contributed by atoms with Crippen molar-refractivity contribution >= 4 is 38.9 Å². The maximum absolute atomic E-state index is 13.0. The van der Waals surface area contributed by atoms with E-state index in [1.807, 2.05) is 0 Å². The molecule has 180 valence electrons. The van der Waals surface area contributed by atoms with Crippen LogP contribution in [-0.2, 0) is 21.0 Å². The molecule has 0 aliphatic rings. The second-order valence-electron chi connectivity index (χ2n) is 6.83. The zero-order valence-electron chi connectivity index (χ0n) is 17.5. The molecule has 0 heterocycles. The molecule has 3 rings (SSSR count). The summed E-state index contributed by atoms with van der Waals surface area (Å²) in [5.74, 6) is 0.614. The highest BCUT2D eigenvalue weighted by atomic mass is 35.5. The van der Waals surface area contributed by atoms with Gasteiger partial charge >= 0.3 is 6.18 Å². The Morgan fingerprint density at radius 1 is 0.941 bits per heavy atom. The molecule has 34 heavy (non-hydrogen) atoms. The van der Waals surface area contributed by atoms with Gasteiger partial charge in [-0.1, -0.05) is 11.6 Å². The number of benzene rings is 3. The molecule has 0 unspecified atom stereocenters. The van der Waals surface area contributed by atoms with Gasteiger partial charge in [0.25, 0.3) is 15.9 Å². The third-order valence-electron chi connectivity index (χ3n) is 4.40. The van der Waals surface area contributed by atoms with Gasteiger partial charge in [-0.05, 0) is 66.7 Å². The first kappa shape index (κ1) is 25.2. The standard InChI is InChI=1S/C22H18ClF3N2O5S/c1-32-16-5-7-17(8-6-16)33-13-21(29)27-14-2-9-18(10-3-14)34(30,31)28-15-4-11-20(23)19(12-15)22(24,25)26/h2-12,28H,13H2,1H3,(H,27,29). The van der Waals surface area contributed by atoms with E-state index in [4.69, 9.17) is 21.1 Å². The van der Waals surface area contributed by atoms with Crippen LogP contribution < -0.4 is 19.5 Å². The van der Waals surface area contributed by atoms with Crippen molar-refractivity contribution in [1.29, 1.82) is 0 Å². The molecule has 7 nitrogen and oxygen atoms in total. The molecule has 12 heteroatoms. The number of rotatable bonds is 8. The maximum Gasteiger partial charge on any atom is 0.417 e. The van der Waals surface area contributed by atoms with E-state index in [9.17, 15) is 26.4 Å². The van der Waals surface area contributed by atoms with Crippen molar-refractivity contribution in [2.75, 3.05) is 23.8 Å². The number of sulfonamides is 1. The van der Waals surface area contributed by atoms with Crippen LogP contribution in [0, 0.1) is 0 Å². The van der Waals surface area contributed by atoms with E-state index in [1.54, 1.807) is 24.3 Å². The van der Waals surface area contributed by atoms with Crippen molar-refractivity contribution < 1.29 is 35.9 Å². The first-order chi connectivity index (χ1) is 16.0. The van der Waals surface area contributed by atoms with Gasteiger partial charge in [0.2, 0.25) is 0 Å². The predicted octanol–water partition coefficient (Wildman–Crippen LogP) is 5.19. The minimum Gasteiger partial charge on any atom is -0.497 e. The number of methoxy groups -OCH3 is 1. The molecule has 0 aliphatic heterocycles. The zero-order chi connectivity index (χ0) is 24.9. The number of hydrogen-bond donors (Lipinski definition) is 2. The lowest BCUT2D eigenvalue weighted by Crippen LogP contribution is -2.20. The summed E-state index contributed by atoms with van der Waals surface area (Å²) in [5, 5.41) is 2.00. The summed E-state index contributed by atoms with van der Waals surface area (Å²) < 4.78 is 76.6. The number of carbonyl (C=O) groups excluding carboxylic acids is 1. The van der Waals surface area contributed by atoms with Crippen molar-refractivity contribution in [1.82, 2.24) is 0 Å². The zero-order valence-corrected chi connectivity index (χ0v) is 19.1. The SMILES string of the molecule is COc1ccc(OCC(=O)Nc2ccc(S(=O)(=O)Nc3ccc(Cl)c(C(F)(F)F)c3)cc2)cc1. The summed E-state index contributed by atoms with van der Waals surface area (Å²) >= 11 is 5.55. The van der Waals surface area contributed by atoms with Gasteiger partial charge < -0.3 is 14.8 Å². The second kappa shape index (κ2) is 10.2. The largest absolute Gasteiger partial charge is 0.497 e.